The highest BCUT2D eigenvalue weighted by atomic mass is 16.5. The van der Waals surface area contributed by atoms with E-state index in [-0.39, 0.29) is 5.69 Å². The van der Waals surface area contributed by atoms with Gasteiger partial charge in [-0.1, -0.05) is 6.07 Å². The minimum Gasteiger partial charge on any atom is -0.477 e. The first-order valence-electron chi connectivity index (χ1n) is 7.29. The quantitative estimate of drug-likeness (QED) is 0.893. The van der Waals surface area contributed by atoms with Gasteiger partial charge in [-0.05, 0) is 43.7 Å². The van der Waals surface area contributed by atoms with Crippen molar-refractivity contribution >= 4 is 11.8 Å². The molecule has 1 aliphatic carbocycles. The van der Waals surface area contributed by atoms with Crippen molar-refractivity contribution in [2.75, 3.05) is 24.6 Å². The molecule has 1 saturated heterocycles. The molecule has 20 heavy (non-hydrogen) atoms. The Hall–Kier alpha value is -1.62. The van der Waals surface area contributed by atoms with E-state index >= 15 is 0 Å². The number of anilines is 1. The molecule has 1 aromatic rings. The van der Waals surface area contributed by atoms with Crippen LogP contribution < -0.4 is 4.90 Å². The van der Waals surface area contributed by atoms with Gasteiger partial charge in [-0.2, -0.15) is 0 Å². The van der Waals surface area contributed by atoms with E-state index in [1.165, 1.54) is 18.9 Å². The Labute approximate surface area is 118 Å². The number of pyridine rings is 1. The van der Waals surface area contributed by atoms with E-state index in [1.807, 2.05) is 6.07 Å². The van der Waals surface area contributed by atoms with Crippen LogP contribution in [0.3, 0.4) is 0 Å². The first kappa shape index (κ1) is 13.4. The zero-order valence-electron chi connectivity index (χ0n) is 11.5. The molecule has 0 spiro atoms. The molecule has 0 unspecified atom stereocenters. The van der Waals surface area contributed by atoms with Gasteiger partial charge in [0.1, 0.15) is 5.82 Å². The maximum Gasteiger partial charge on any atom is 0.354 e. The van der Waals surface area contributed by atoms with Gasteiger partial charge in [-0.15, -0.1) is 0 Å². The third-order valence-corrected chi connectivity index (χ3v) is 3.98. The molecule has 0 aromatic carbocycles. The third-order valence-electron chi connectivity index (χ3n) is 3.98. The van der Waals surface area contributed by atoms with Crippen molar-refractivity contribution in [3.63, 3.8) is 0 Å². The van der Waals surface area contributed by atoms with Gasteiger partial charge in [-0.3, -0.25) is 0 Å². The standard InChI is InChI=1S/C15H20N2O3/c18-15(19)13-2-1-3-14(16-13)17-8-6-12(7-9-17)20-10-11-4-5-11/h1-3,11-12H,4-10H2,(H,18,19). The van der Waals surface area contributed by atoms with Gasteiger partial charge in [0.2, 0.25) is 0 Å². The number of carbonyl (C=O) groups is 1. The van der Waals surface area contributed by atoms with Crippen molar-refractivity contribution in [3.05, 3.63) is 23.9 Å². The topological polar surface area (TPSA) is 62.7 Å². The van der Waals surface area contributed by atoms with E-state index in [1.54, 1.807) is 6.07 Å². The first-order chi connectivity index (χ1) is 9.72. The number of piperidine rings is 1. The summed E-state index contributed by atoms with van der Waals surface area (Å²) < 4.78 is 5.91. The number of aromatic carboxylic acids is 1. The fourth-order valence-electron chi connectivity index (χ4n) is 2.53. The number of aromatic nitrogens is 1. The molecule has 0 bridgehead atoms. The van der Waals surface area contributed by atoms with Crippen LogP contribution in [-0.2, 0) is 4.74 Å². The Balaban J connectivity index is 1.54. The van der Waals surface area contributed by atoms with Crippen LogP contribution in [-0.4, -0.2) is 41.9 Å². The van der Waals surface area contributed by atoms with E-state index in [9.17, 15) is 4.79 Å². The largest absolute Gasteiger partial charge is 0.477 e. The Morgan fingerprint density at radius 2 is 2.05 bits per heavy atom. The summed E-state index contributed by atoms with van der Waals surface area (Å²) >= 11 is 0. The summed E-state index contributed by atoms with van der Waals surface area (Å²) in [4.78, 5) is 17.3. The maximum absolute atomic E-state index is 10.9. The summed E-state index contributed by atoms with van der Waals surface area (Å²) in [6, 6.07) is 5.15. The molecule has 5 nitrogen and oxygen atoms in total. The second kappa shape index (κ2) is 5.79. The highest BCUT2D eigenvalue weighted by molar-refractivity contribution is 5.85. The predicted molar refractivity (Wildman–Crippen MR) is 75.1 cm³/mol. The normalized spacial score (nSPS) is 20.1. The van der Waals surface area contributed by atoms with E-state index in [4.69, 9.17) is 9.84 Å². The molecular formula is C15H20N2O3. The highest BCUT2D eigenvalue weighted by Gasteiger charge is 2.25. The molecule has 108 valence electrons. The second-order valence-corrected chi connectivity index (χ2v) is 5.65. The molecule has 0 amide bonds. The van der Waals surface area contributed by atoms with E-state index in [2.05, 4.69) is 9.88 Å². The number of carboxylic acid groups (broad SMARTS) is 1. The molecular weight excluding hydrogens is 256 g/mol. The minimum atomic E-state index is -0.977. The molecule has 1 aromatic heterocycles. The molecule has 2 aliphatic rings. The third kappa shape index (κ3) is 3.28. The van der Waals surface area contributed by atoms with E-state index < -0.39 is 5.97 Å². The molecule has 1 aliphatic heterocycles. The van der Waals surface area contributed by atoms with Crippen LogP contribution in [0.1, 0.15) is 36.2 Å². The van der Waals surface area contributed by atoms with Crippen molar-refractivity contribution in [2.24, 2.45) is 5.92 Å². The van der Waals surface area contributed by atoms with Crippen LogP contribution in [0.2, 0.25) is 0 Å². The summed E-state index contributed by atoms with van der Waals surface area (Å²) in [5, 5.41) is 8.98. The Morgan fingerprint density at radius 3 is 2.70 bits per heavy atom. The van der Waals surface area contributed by atoms with Gasteiger partial charge in [0.15, 0.2) is 5.69 Å². The fraction of sp³-hybridized carbons (Fsp3) is 0.600. The molecule has 1 N–H and O–H groups in total. The lowest BCUT2D eigenvalue weighted by Gasteiger charge is -2.32. The molecule has 0 radical (unpaired) electrons. The Bertz CT molecular complexity index is 480. The lowest BCUT2D eigenvalue weighted by molar-refractivity contribution is 0.0304. The molecule has 0 atom stereocenters. The average molecular weight is 276 g/mol. The zero-order chi connectivity index (χ0) is 13.9. The molecule has 2 heterocycles. The minimum absolute atomic E-state index is 0.106. The fourth-order valence-corrected chi connectivity index (χ4v) is 2.53. The van der Waals surface area contributed by atoms with Gasteiger partial charge < -0.3 is 14.7 Å². The van der Waals surface area contributed by atoms with Crippen molar-refractivity contribution in [1.29, 1.82) is 0 Å². The Morgan fingerprint density at radius 1 is 1.30 bits per heavy atom. The van der Waals surface area contributed by atoms with Gasteiger partial charge in [0.25, 0.3) is 0 Å². The summed E-state index contributed by atoms with van der Waals surface area (Å²) in [6.07, 6.45) is 4.99. The van der Waals surface area contributed by atoms with E-state index in [0.717, 1.165) is 44.3 Å². The number of rotatable bonds is 5. The second-order valence-electron chi connectivity index (χ2n) is 5.65. The monoisotopic (exact) mass is 276 g/mol. The van der Waals surface area contributed by atoms with Crippen LogP contribution >= 0.6 is 0 Å². The molecule has 3 rings (SSSR count). The zero-order valence-corrected chi connectivity index (χ0v) is 11.5. The number of hydrogen-bond donors (Lipinski definition) is 1. The maximum atomic E-state index is 10.9. The highest BCUT2D eigenvalue weighted by Crippen LogP contribution is 2.30. The van der Waals surface area contributed by atoms with Crippen LogP contribution in [0.25, 0.3) is 0 Å². The summed E-state index contributed by atoms with van der Waals surface area (Å²) in [5.41, 5.74) is 0.106. The van der Waals surface area contributed by atoms with Crippen LogP contribution in [0.4, 0.5) is 5.82 Å². The summed E-state index contributed by atoms with van der Waals surface area (Å²) in [7, 11) is 0. The molecule has 2 fully saturated rings. The van der Waals surface area contributed by atoms with Crippen molar-refractivity contribution in [2.45, 2.75) is 31.8 Å². The molecule has 1 saturated carbocycles. The predicted octanol–water partition coefficient (Wildman–Crippen LogP) is 2.18. The number of ether oxygens (including phenoxy) is 1. The van der Waals surface area contributed by atoms with Crippen LogP contribution in [0, 0.1) is 5.92 Å². The van der Waals surface area contributed by atoms with Gasteiger partial charge in [-0.25, -0.2) is 9.78 Å². The summed E-state index contributed by atoms with van der Waals surface area (Å²) in [6.45, 7) is 2.67. The van der Waals surface area contributed by atoms with Crippen molar-refractivity contribution < 1.29 is 14.6 Å². The summed E-state index contributed by atoms with van der Waals surface area (Å²) in [5.74, 6) is 0.585. The first-order valence-corrected chi connectivity index (χ1v) is 7.29. The number of hydrogen-bond acceptors (Lipinski definition) is 4. The molecule has 5 heteroatoms. The smallest absolute Gasteiger partial charge is 0.354 e. The number of nitrogens with zero attached hydrogens (tertiary/aromatic N) is 2. The van der Waals surface area contributed by atoms with Crippen LogP contribution in [0.5, 0.6) is 0 Å². The lowest BCUT2D eigenvalue weighted by atomic mass is 10.1. The van der Waals surface area contributed by atoms with Gasteiger partial charge >= 0.3 is 5.97 Å². The average Bonchev–Trinajstić information content (AvgIpc) is 3.30. The van der Waals surface area contributed by atoms with Gasteiger partial charge in [0, 0.05) is 19.7 Å². The van der Waals surface area contributed by atoms with Crippen LogP contribution in [0.15, 0.2) is 18.2 Å². The SMILES string of the molecule is O=C(O)c1cccc(N2CCC(OCC3CC3)CC2)n1. The Kier molecular flexibility index (Phi) is 3.87. The van der Waals surface area contributed by atoms with Crippen molar-refractivity contribution in [3.8, 4) is 0 Å². The van der Waals surface area contributed by atoms with Gasteiger partial charge in [0.05, 0.1) is 6.10 Å². The number of carboxylic acids is 1. The van der Waals surface area contributed by atoms with Crippen molar-refractivity contribution in [1.82, 2.24) is 4.98 Å². The van der Waals surface area contributed by atoms with E-state index in [0.29, 0.717) is 6.10 Å². The lowest BCUT2D eigenvalue weighted by Crippen LogP contribution is -2.37.